The normalized spacial score (nSPS) is 23.8. The smallest absolute Gasteiger partial charge is 0.407 e. The number of nitrogens with one attached hydrogen (secondary N) is 3. The molecule has 278 valence electrons. The summed E-state index contributed by atoms with van der Waals surface area (Å²) in [7, 11) is 1.26. The summed E-state index contributed by atoms with van der Waals surface area (Å²) in [5.74, 6) is -1.84. The molecule has 0 bridgehead atoms. The van der Waals surface area contributed by atoms with Gasteiger partial charge in [-0.2, -0.15) is 0 Å². The predicted octanol–water partition coefficient (Wildman–Crippen LogP) is 4.08. The van der Waals surface area contributed by atoms with E-state index in [1.54, 1.807) is 11.8 Å². The molecule has 2 aromatic rings. The van der Waals surface area contributed by atoms with Crippen LogP contribution in [0.2, 0.25) is 0 Å². The van der Waals surface area contributed by atoms with Crippen molar-refractivity contribution in [1.82, 2.24) is 20.9 Å². The molecule has 4 unspecified atom stereocenters. The summed E-state index contributed by atoms with van der Waals surface area (Å²) in [6.07, 6.45) is 2.34. The average molecular weight is 711 g/mol. The van der Waals surface area contributed by atoms with Crippen LogP contribution in [0.15, 0.2) is 42.5 Å². The number of carbonyl (C=O) groups is 5. The SMILES string of the molecule is COC(=O)[C@H](C)NC(=O)CCC1CC(OC(=O)NCc2cccc3ccccc23)CC2(CCCC(COC(=O)NCCCN3CCCC3=O)O2)O1. The molecule has 14 nitrogen and oxygen atoms in total. The van der Waals surface area contributed by atoms with Crippen LogP contribution in [-0.2, 0) is 44.6 Å². The number of amides is 4. The van der Waals surface area contributed by atoms with Crippen molar-refractivity contribution in [3.63, 3.8) is 0 Å². The molecule has 51 heavy (non-hydrogen) atoms. The van der Waals surface area contributed by atoms with Crippen molar-refractivity contribution >= 4 is 40.7 Å². The second-order valence-electron chi connectivity index (χ2n) is 13.5. The van der Waals surface area contributed by atoms with Crippen LogP contribution < -0.4 is 16.0 Å². The van der Waals surface area contributed by atoms with Crippen LogP contribution in [0.5, 0.6) is 0 Å². The number of rotatable bonds is 14. The highest BCUT2D eigenvalue weighted by atomic mass is 16.7. The average Bonchev–Trinajstić information content (AvgIpc) is 3.54. The summed E-state index contributed by atoms with van der Waals surface area (Å²) in [6.45, 7) is 3.59. The van der Waals surface area contributed by atoms with Gasteiger partial charge in [0, 0.05) is 58.3 Å². The lowest BCUT2D eigenvalue weighted by atomic mass is 9.90. The predicted molar refractivity (Wildman–Crippen MR) is 185 cm³/mol. The fourth-order valence-electron chi connectivity index (χ4n) is 7.03. The third kappa shape index (κ3) is 11.0. The molecule has 14 heteroatoms. The van der Waals surface area contributed by atoms with Crippen molar-refractivity contribution < 1.29 is 47.7 Å². The minimum absolute atomic E-state index is 0.0110. The lowest BCUT2D eigenvalue weighted by Gasteiger charge is -2.47. The molecule has 1 spiro atoms. The van der Waals surface area contributed by atoms with Crippen molar-refractivity contribution in [3.05, 3.63) is 48.0 Å². The number of ether oxygens (including phenoxy) is 5. The molecular weight excluding hydrogens is 660 g/mol. The van der Waals surface area contributed by atoms with E-state index in [0.717, 1.165) is 35.7 Å². The Morgan fingerprint density at radius 2 is 1.82 bits per heavy atom. The Morgan fingerprint density at radius 3 is 2.63 bits per heavy atom. The van der Waals surface area contributed by atoms with Gasteiger partial charge in [-0.15, -0.1) is 0 Å². The van der Waals surface area contributed by atoms with Crippen molar-refractivity contribution in [3.8, 4) is 0 Å². The van der Waals surface area contributed by atoms with Crippen LogP contribution in [0.4, 0.5) is 9.59 Å². The lowest BCUT2D eigenvalue weighted by Crippen LogP contribution is -2.53. The Hall–Kier alpha value is -4.43. The fourth-order valence-corrected chi connectivity index (χ4v) is 7.03. The van der Waals surface area contributed by atoms with E-state index in [-0.39, 0.29) is 37.8 Å². The number of hydrogen-bond donors (Lipinski definition) is 3. The summed E-state index contributed by atoms with van der Waals surface area (Å²) in [6, 6.07) is 13.1. The second-order valence-corrected chi connectivity index (χ2v) is 13.5. The maximum atomic E-state index is 13.1. The molecule has 3 heterocycles. The van der Waals surface area contributed by atoms with Gasteiger partial charge in [0.2, 0.25) is 11.8 Å². The fraction of sp³-hybridized carbons (Fsp3) is 0.595. The van der Waals surface area contributed by atoms with E-state index < -0.39 is 48.3 Å². The number of esters is 1. The Morgan fingerprint density at radius 1 is 1.02 bits per heavy atom. The molecule has 3 N–H and O–H groups in total. The van der Waals surface area contributed by atoms with Crippen LogP contribution in [0, 0.1) is 0 Å². The van der Waals surface area contributed by atoms with Crippen molar-refractivity contribution in [2.75, 3.05) is 33.4 Å². The molecule has 5 rings (SSSR count). The van der Waals surface area contributed by atoms with E-state index in [9.17, 15) is 24.0 Å². The number of methoxy groups -OCH3 is 1. The number of likely N-dealkylation sites (tertiary alicyclic amines) is 1. The van der Waals surface area contributed by atoms with Gasteiger partial charge in [0.1, 0.15) is 18.8 Å². The molecule has 3 fully saturated rings. The molecule has 2 aromatic carbocycles. The van der Waals surface area contributed by atoms with Gasteiger partial charge in [-0.1, -0.05) is 42.5 Å². The Balaban J connectivity index is 1.16. The van der Waals surface area contributed by atoms with Gasteiger partial charge < -0.3 is 44.5 Å². The highest BCUT2D eigenvalue weighted by Crippen LogP contribution is 2.41. The monoisotopic (exact) mass is 710 g/mol. The van der Waals surface area contributed by atoms with Gasteiger partial charge >= 0.3 is 18.2 Å². The first-order valence-electron chi connectivity index (χ1n) is 18.0. The van der Waals surface area contributed by atoms with Crippen molar-refractivity contribution in [2.24, 2.45) is 0 Å². The Labute approximate surface area is 298 Å². The molecule has 0 aliphatic carbocycles. The maximum absolute atomic E-state index is 13.1. The molecule has 0 radical (unpaired) electrons. The number of benzene rings is 2. The van der Waals surface area contributed by atoms with E-state index >= 15 is 0 Å². The molecule has 3 aliphatic rings. The summed E-state index contributed by atoms with van der Waals surface area (Å²) in [4.78, 5) is 63.6. The topological polar surface area (TPSA) is 171 Å². The maximum Gasteiger partial charge on any atom is 0.407 e. The summed E-state index contributed by atoms with van der Waals surface area (Å²) in [5.41, 5.74) is 0.961. The third-order valence-electron chi connectivity index (χ3n) is 9.56. The molecular formula is C37H50N4O10. The first-order valence-corrected chi connectivity index (χ1v) is 18.0. The molecule has 3 saturated heterocycles. The summed E-state index contributed by atoms with van der Waals surface area (Å²) in [5, 5.41) is 10.4. The second kappa shape index (κ2) is 18.2. The van der Waals surface area contributed by atoms with Crippen molar-refractivity contribution in [2.45, 2.75) is 108 Å². The van der Waals surface area contributed by atoms with Gasteiger partial charge in [0.15, 0.2) is 5.79 Å². The van der Waals surface area contributed by atoms with E-state index in [1.165, 1.54) is 7.11 Å². The standard InChI is InChI=1S/C37H50N4O10/c1-25(34(44)47-2)40-32(42)16-15-28-21-30(49-36(46)39-23-27-11-5-10-26-9-3-4-13-31(26)27)22-37(50-28)17-6-12-29(51-37)24-48-35(45)38-18-8-20-41-19-7-14-33(41)43/h3-5,9-11,13,25,28-30H,6-8,12,14-24H2,1-2H3,(H,38,45)(H,39,46)(H,40,42)/t25-,28?,29?,30?,37?/m0/s1. The molecule has 3 aliphatic heterocycles. The molecule has 5 atom stereocenters. The Bertz CT molecular complexity index is 1530. The number of carbonyl (C=O) groups excluding carboxylic acids is 5. The highest BCUT2D eigenvalue weighted by molar-refractivity contribution is 5.86. The van der Waals surface area contributed by atoms with E-state index in [2.05, 4.69) is 16.0 Å². The van der Waals surface area contributed by atoms with Crippen LogP contribution >= 0.6 is 0 Å². The zero-order valence-corrected chi connectivity index (χ0v) is 29.5. The number of nitrogens with zero attached hydrogens (tertiary/aromatic N) is 1. The van der Waals surface area contributed by atoms with Gasteiger partial charge in [-0.3, -0.25) is 9.59 Å². The van der Waals surface area contributed by atoms with E-state index in [0.29, 0.717) is 51.6 Å². The first-order chi connectivity index (χ1) is 24.6. The Kier molecular flexibility index (Phi) is 13.5. The zero-order chi connectivity index (χ0) is 36.2. The van der Waals surface area contributed by atoms with Crippen LogP contribution in [0.1, 0.15) is 76.7 Å². The minimum atomic E-state index is -1.11. The number of hydrogen-bond acceptors (Lipinski definition) is 10. The molecule has 0 aromatic heterocycles. The van der Waals surface area contributed by atoms with E-state index in [4.69, 9.17) is 23.7 Å². The largest absolute Gasteiger partial charge is 0.467 e. The van der Waals surface area contributed by atoms with Crippen LogP contribution in [-0.4, -0.2) is 98.4 Å². The van der Waals surface area contributed by atoms with Gasteiger partial charge in [-0.25, -0.2) is 14.4 Å². The zero-order valence-electron chi connectivity index (χ0n) is 29.5. The van der Waals surface area contributed by atoms with E-state index in [1.807, 2.05) is 42.5 Å². The number of fused-ring (bicyclic) bond motifs is 1. The van der Waals surface area contributed by atoms with Crippen LogP contribution in [0.3, 0.4) is 0 Å². The summed E-state index contributed by atoms with van der Waals surface area (Å²) < 4.78 is 29.1. The number of alkyl carbamates (subject to hydrolysis) is 2. The third-order valence-corrected chi connectivity index (χ3v) is 9.56. The first kappa shape index (κ1) is 37.8. The van der Waals surface area contributed by atoms with Gasteiger partial charge in [-0.05, 0) is 55.4 Å². The van der Waals surface area contributed by atoms with Crippen molar-refractivity contribution in [1.29, 1.82) is 0 Å². The lowest BCUT2D eigenvalue weighted by molar-refractivity contribution is -0.329. The van der Waals surface area contributed by atoms with Gasteiger partial charge in [0.05, 0.1) is 19.3 Å². The van der Waals surface area contributed by atoms with Gasteiger partial charge in [0.25, 0.3) is 0 Å². The minimum Gasteiger partial charge on any atom is -0.467 e. The summed E-state index contributed by atoms with van der Waals surface area (Å²) >= 11 is 0. The molecule has 4 amide bonds. The quantitative estimate of drug-likeness (QED) is 0.148. The highest BCUT2D eigenvalue weighted by Gasteiger charge is 2.47. The molecule has 0 saturated carbocycles. The van der Waals surface area contributed by atoms with Crippen LogP contribution in [0.25, 0.3) is 10.8 Å².